The van der Waals surface area contributed by atoms with Gasteiger partial charge in [0.15, 0.2) is 0 Å². The molecule has 6 aromatic rings. The van der Waals surface area contributed by atoms with E-state index in [0.29, 0.717) is 6.42 Å². The number of hydrogen-bond acceptors (Lipinski definition) is 1. The van der Waals surface area contributed by atoms with Gasteiger partial charge in [-0.25, -0.2) is 0 Å². The Kier molecular flexibility index (Phi) is 6.00. The van der Waals surface area contributed by atoms with Crippen molar-refractivity contribution >= 4 is 27.5 Å². The molecule has 0 saturated carbocycles. The molecule has 0 aliphatic rings. The molecule has 178 valence electrons. The average molecular weight is 479 g/mol. The molecule has 2 heteroatoms. The first-order chi connectivity index (χ1) is 18.2. The monoisotopic (exact) mass is 478 g/mol. The van der Waals surface area contributed by atoms with Crippen LogP contribution < -0.4 is 0 Å². The van der Waals surface area contributed by atoms with E-state index < -0.39 is 11.9 Å². The molecule has 2 nitrogen and oxygen atoms in total. The molecule has 0 radical (unpaired) electrons. The quantitative estimate of drug-likeness (QED) is 0.260. The van der Waals surface area contributed by atoms with Crippen LogP contribution in [0.2, 0.25) is 0 Å². The normalized spacial score (nSPS) is 12.0. The zero-order chi connectivity index (χ0) is 25.2. The first-order valence-corrected chi connectivity index (χ1v) is 12.6. The Bertz CT molecular complexity index is 1630. The highest BCUT2D eigenvalue weighted by Gasteiger charge is 2.25. The molecular weight excluding hydrogens is 452 g/mol. The van der Waals surface area contributed by atoms with Gasteiger partial charge in [0, 0.05) is 0 Å². The van der Waals surface area contributed by atoms with Gasteiger partial charge in [-0.15, -0.1) is 0 Å². The van der Waals surface area contributed by atoms with Crippen LogP contribution in [0, 0.1) is 0 Å². The molecule has 0 aromatic heterocycles. The van der Waals surface area contributed by atoms with Gasteiger partial charge in [-0.1, -0.05) is 133 Å². The van der Waals surface area contributed by atoms with Crippen LogP contribution >= 0.6 is 0 Å². The summed E-state index contributed by atoms with van der Waals surface area (Å²) in [6.07, 6.45) is 0.386. The van der Waals surface area contributed by atoms with Gasteiger partial charge in [0.2, 0.25) is 0 Å². The second-order valence-corrected chi connectivity index (χ2v) is 9.39. The van der Waals surface area contributed by atoms with Crippen LogP contribution in [0.4, 0.5) is 0 Å². The summed E-state index contributed by atoms with van der Waals surface area (Å²) in [4.78, 5) is 12.6. The Morgan fingerprint density at radius 3 is 1.49 bits per heavy atom. The molecule has 0 aliphatic carbocycles. The molecule has 0 heterocycles. The Hall–Kier alpha value is -4.69. The minimum atomic E-state index is -0.817. The van der Waals surface area contributed by atoms with Crippen LogP contribution in [-0.2, 0) is 11.2 Å². The van der Waals surface area contributed by atoms with E-state index in [2.05, 4.69) is 103 Å². The van der Waals surface area contributed by atoms with Crippen molar-refractivity contribution in [2.45, 2.75) is 12.3 Å². The zero-order valence-corrected chi connectivity index (χ0v) is 20.3. The Labute approximate surface area is 216 Å². The maximum atomic E-state index is 12.6. The number of aliphatic carboxylic acids is 1. The summed E-state index contributed by atoms with van der Waals surface area (Å²) in [7, 11) is 0. The highest BCUT2D eigenvalue weighted by molar-refractivity contribution is 6.02. The van der Waals surface area contributed by atoms with E-state index in [4.69, 9.17) is 0 Å². The van der Waals surface area contributed by atoms with Gasteiger partial charge < -0.3 is 5.11 Å². The number of benzene rings is 6. The summed E-state index contributed by atoms with van der Waals surface area (Å²) in [5.74, 6) is -1.48. The summed E-state index contributed by atoms with van der Waals surface area (Å²) in [6.45, 7) is 0. The number of rotatable bonds is 6. The number of hydrogen-bond donors (Lipinski definition) is 1. The predicted octanol–water partition coefficient (Wildman–Crippen LogP) is 8.74. The average Bonchev–Trinajstić information content (AvgIpc) is 2.95. The van der Waals surface area contributed by atoms with Crippen molar-refractivity contribution in [2.24, 2.45) is 0 Å². The Balaban J connectivity index is 1.64. The van der Waals surface area contributed by atoms with E-state index in [1.165, 1.54) is 10.8 Å². The van der Waals surface area contributed by atoms with Gasteiger partial charge in [-0.3, -0.25) is 4.79 Å². The van der Waals surface area contributed by atoms with Crippen molar-refractivity contribution < 1.29 is 9.90 Å². The second-order valence-electron chi connectivity index (χ2n) is 9.39. The van der Waals surface area contributed by atoms with Crippen molar-refractivity contribution in [3.63, 3.8) is 0 Å². The van der Waals surface area contributed by atoms with Crippen LogP contribution in [0.3, 0.4) is 0 Å². The maximum absolute atomic E-state index is 12.6. The van der Waals surface area contributed by atoms with Gasteiger partial charge in [0.25, 0.3) is 0 Å². The minimum Gasteiger partial charge on any atom is -0.481 e. The number of carboxylic acids is 1. The van der Waals surface area contributed by atoms with Crippen LogP contribution in [-0.4, -0.2) is 11.1 Å². The van der Waals surface area contributed by atoms with E-state index in [1.54, 1.807) is 0 Å². The van der Waals surface area contributed by atoms with Gasteiger partial charge in [0.1, 0.15) is 0 Å². The number of carboxylic acid groups (broad SMARTS) is 1. The highest BCUT2D eigenvalue weighted by Crippen LogP contribution is 2.40. The third kappa shape index (κ3) is 4.28. The minimum absolute atomic E-state index is 0.386. The Morgan fingerprint density at radius 2 is 0.946 bits per heavy atom. The molecule has 0 fully saturated rings. The molecule has 1 N–H and O–H groups in total. The van der Waals surface area contributed by atoms with Crippen LogP contribution in [0.15, 0.2) is 133 Å². The number of carbonyl (C=O) groups is 1. The predicted molar refractivity (Wildman–Crippen MR) is 153 cm³/mol. The molecule has 6 aromatic carbocycles. The first-order valence-electron chi connectivity index (χ1n) is 12.6. The lowest BCUT2D eigenvalue weighted by molar-refractivity contribution is -0.138. The van der Waals surface area contributed by atoms with Crippen LogP contribution in [0.5, 0.6) is 0 Å². The topological polar surface area (TPSA) is 37.3 Å². The number of fused-ring (bicyclic) bond motifs is 2. The van der Waals surface area contributed by atoms with Gasteiger partial charge >= 0.3 is 5.97 Å². The van der Waals surface area contributed by atoms with E-state index >= 15 is 0 Å². The van der Waals surface area contributed by atoms with Crippen LogP contribution in [0.25, 0.3) is 43.8 Å². The molecule has 37 heavy (non-hydrogen) atoms. The van der Waals surface area contributed by atoms with E-state index in [0.717, 1.165) is 44.2 Å². The molecule has 0 amide bonds. The zero-order valence-electron chi connectivity index (χ0n) is 20.3. The van der Waals surface area contributed by atoms with Crippen molar-refractivity contribution in [1.82, 2.24) is 0 Å². The van der Waals surface area contributed by atoms with Crippen molar-refractivity contribution in [2.75, 3.05) is 0 Å². The summed E-state index contributed by atoms with van der Waals surface area (Å²) in [5.41, 5.74) is 6.24. The van der Waals surface area contributed by atoms with Gasteiger partial charge in [-0.05, 0) is 61.3 Å². The van der Waals surface area contributed by atoms with Crippen molar-refractivity contribution in [3.05, 3.63) is 145 Å². The lowest BCUT2D eigenvalue weighted by Crippen LogP contribution is -2.15. The molecule has 0 spiro atoms. The fourth-order valence-electron chi connectivity index (χ4n) is 5.47. The molecule has 1 unspecified atom stereocenters. The third-order valence-corrected chi connectivity index (χ3v) is 7.24. The molecular formula is C35H26O2. The SMILES string of the molecule is O=C(O)C(Cc1c(-c2cccc3ccccc23)cccc1-c1cccc2ccccc12)c1ccccc1. The maximum Gasteiger partial charge on any atom is 0.311 e. The summed E-state index contributed by atoms with van der Waals surface area (Å²) >= 11 is 0. The van der Waals surface area contributed by atoms with Gasteiger partial charge in [-0.2, -0.15) is 0 Å². The molecule has 0 bridgehead atoms. The molecule has 1 atom stereocenters. The smallest absolute Gasteiger partial charge is 0.311 e. The molecule has 0 aliphatic heterocycles. The van der Waals surface area contributed by atoms with E-state index in [1.807, 2.05) is 30.3 Å². The third-order valence-electron chi connectivity index (χ3n) is 7.24. The van der Waals surface area contributed by atoms with E-state index in [9.17, 15) is 9.90 Å². The lowest BCUT2D eigenvalue weighted by atomic mass is 9.82. The summed E-state index contributed by atoms with van der Waals surface area (Å²) in [6, 6.07) is 45.4. The van der Waals surface area contributed by atoms with Gasteiger partial charge in [0.05, 0.1) is 5.92 Å². The second kappa shape index (κ2) is 9.75. The molecule has 6 rings (SSSR count). The Morgan fingerprint density at radius 1 is 0.514 bits per heavy atom. The summed E-state index contributed by atoms with van der Waals surface area (Å²) in [5, 5.41) is 15.0. The first kappa shape index (κ1) is 22.8. The highest BCUT2D eigenvalue weighted by atomic mass is 16.4. The summed E-state index contributed by atoms with van der Waals surface area (Å²) < 4.78 is 0. The fraction of sp³-hybridized carbons (Fsp3) is 0.0571. The van der Waals surface area contributed by atoms with Crippen molar-refractivity contribution in [3.8, 4) is 22.3 Å². The lowest BCUT2D eigenvalue weighted by Gasteiger charge is -2.21. The van der Waals surface area contributed by atoms with E-state index in [-0.39, 0.29) is 0 Å². The molecule has 0 saturated heterocycles. The standard InChI is InChI=1S/C35H26O2/c36-35(37)33(26-11-2-1-3-12-26)23-34-31(29-19-8-15-24-13-4-6-17-27(24)29)21-10-22-32(34)30-20-9-16-25-14-5-7-18-28(25)30/h1-22,33H,23H2,(H,36,37). The van der Waals surface area contributed by atoms with Crippen molar-refractivity contribution in [1.29, 1.82) is 0 Å². The fourth-order valence-corrected chi connectivity index (χ4v) is 5.47. The van der Waals surface area contributed by atoms with Crippen LogP contribution in [0.1, 0.15) is 17.0 Å². The largest absolute Gasteiger partial charge is 0.481 e.